The molecule has 0 spiro atoms. The Morgan fingerprint density at radius 1 is 1.56 bits per heavy atom. The van der Waals surface area contributed by atoms with Crippen molar-refractivity contribution >= 4 is 33.9 Å². The molecular weight excluding hydrogens is 268 g/mol. The second kappa shape index (κ2) is 4.42. The van der Waals surface area contributed by atoms with Gasteiger partial charge in [0.25, 0.3) is 0 Å². The van der Waals surface area contributed by atoms with Crippen LogP contribution in [-0.2, 0) is 6.42 Å². The van der Waals surface area contributed by atoms with Gasteiger partial charge in [0.1, 0.15) is 5.75 Å². The lowest BCUT2D eigenvalue weighted by atomic mass is 10.0. The summed E-state index contributed by atoms with van der Waals surface area (Å²) >= 11 is 3.42. The van der Waals surface area contributed by atoms with Gasteiger partial charge in [-0.2, -0.15) is 5.10 Å². The van der Waals surface area contributed by atoms with Gasteiger partial charge in [0.2, 0.25) is 0 Å². The van der Waals surface area contributed by atoms with Gasteiger partial charge in [-0.25, -0.2) is 0 Å². The smallest absolute Gasteiger partial charge is 0.129 e. The zero-order valence-electron chi connectivity index (χ0n) is 8.37. The Bertz CT molecular complexity index is 527. The van der Waals surface area contributed by atoms with E-state index >= 15 is 0 Å². The maximum atomic E-state index is 10.1. The third kappa shape index (κ3) is 1.82. The van der Waals surface area contributed by atoms with E-state index in [1.165, 1.54) is 0 Å². The van der Waals surface area contributed by atoms with Crippen LogP contribution in [0, 0.1) is 12.3 Å². The molecule has 0 saturated heterocycles. The number of hydrazone groups is 1. The lowest BCUT2D eigenvalue weighted by molar-refractivity contribution is 0.469. The zero-order chi connectivity index (χ0) is 11.5. The minimum Gasteiger partial charge on any atom is -0.507 e. The van der Waals surface area contributed by atoms with Crippen molar-refractivity contribution in [1.29, 1.82) is 0 Å². The summed E-state index contributed by atoms with van der Waals surface area (Å²) in [5.74, 6) is 2.72. The molecule has 0 saturated carbocycles. The van der Waals surface area contributed by atoms with Crippen LogP contribution in [0.1, 0.15) is 11.1 Å². The second-order valence-electron chi connectivity index (χ2n) is 3.28. The van der Waals surface area contributed by atoms with Gasteiger partial charge >= 0.3 is 0 Å². The third-order valence-electron chi connectivity index (χ3n) is 2.26. The summed E-state index contributed by atoms with van der Waals surface area (Å²) in [6.07, 6.45) is 10.8. The number of fused-ring (bicyclic) bond motifs is 1. The number of halogens is 1. The lowest BCUT2D eigenvalue weighted by Crippen LogP contribution is -1.95. The van der Waals surface area contributed by atoms with E-state index in [1.54, 1.807) is 24.4 Å². The van der Waals surface area contributed by atoms with Crippen molar-refractivity contribution in [3.05, 3.63) is 27.7 Å². The number of allylic oxidation sites excluding steroid dienone is 1. The SMILES string of the molecule is C#CCc1cc(Br)c2c(c1O)C=CC=NN2. The quantitative estimate of drug-likeness (QED) is 0.775. The van der Waals surface area contributed by atoms with Gasteiger partial charge < -0.3 is 5.11 Å². The maximum Gasteiger partial charge on any atom is 0.129 e. The number of benzene rings is 1. The van der Waals surface area contributed by atoms with E-state index in [2.05, 4.69) is 32.4 Å². The predicted octanol–water partition coefficient (Wildman–Crippen LogP) is 2.75. The summed E-state index contributed by atoms with van der Waals surface area (Å²) in [5, 5.41) is 14.0. The number of phenols is 1. The van der Waals surface area contributed by atoms with Gasteiger partial charge in [0.15, 0.2) is 0 Å². The summed E-state index contributed by atoms with van der Waals surface area (Å²) in [5.41, 5.74) is 5.01. The molecule has 1 aromatic carbocycles. The fourth-order valence-electron chi connectivity index (χ4n) is 1.52. The van der Waals surface area contributed by atoms with Crippen molar-refractivity contribution in [2.75, 3.05) is 5.43 Å². The number of hydrogen-bond donors (Lipinski definition) is 2. The molecule has 1 aliphatic rings. The first-order valence-corrected chi connectivity index (χ1v) is 5.47. The van der Waals surface area contributed by atoms with E-state index in [9.17, 15) is 5.11 Å². The lowest BCUT2D eigenvalue weighted by Gasteiger charge is -2.12. The van der Waals surface area contributed by atoms with Gasteiger partial charge in [0, 0.05) is 28.2 Å². The van der Waals surface area contributed by atoms with E-state index < -0.39 is 0 Å². The molecule has 0 unspecified atom stereocenters. The molecule has 1 heterocycles. The normalized spacial score (nSPS) is 12.5. The predicted molar refractivity (Wildman–Crippen MR) is 69.5 cm³/mol. The molecule has 0 aliphatic carbocycles. The first kappa shape index (κ1) is 10.8. The summed E-state index contributed by atoms with van der Waals surface area (Å²) in [4.78, 5) is 0. The third-order valence-corrected chi connectivity index (χ3v) is 2.89. The molecular formula is C12H9BrN2O. The Kier molecular flexibility index (Phi) is 2.97. The number of phenolic OH excluding ortho intramolecular Hbond substituents is 1. The second-order valence-corrected chi connectivity index (χ2v) is 4.14. The number of hydrogen-bond acceptors (Lipinski definition) is 3. The fourth-order valence-corrected chi connectivity index (χ4v) is 2.10. The van der Waals surface area contributed by atoms with Crippen molar-refractivity contribution in [1.82, 2.24) is 0 Å². The van der Waals surface area contributed by atoms with E-state index in [4.69, 9.17) is 6.42 Å². The van der Waals surface area contributed by atoms with Gasteiger partial charge in [-0.1, -0.05) is 0 Å². The standard InChI is InChI=1S/C12H9BrN2O/c1-2-4-8-7-10(13)11-9(12(8)16)5-3-6-14-15-11/h1,3,5-7,15-16H,4H2. The average molecular weight is 277 g/mol. The topological polar surface area (TPSA) is 44.6 Å². The van der Waals surface area contributed by atoms with Gasteiger partial charge in [-0.3, -0.25) is 5.43 Å². The van der Waals surface area contributed by atoms with Gasteiger partial charge in [-0.05, 0) is 34.1 Å². The van der Waals surface area contributed by atoms with E-state index in [0.717, 1.165) is 15.7 Å². The number of nitrogens with one attached hydrogen (secondary N) is 1. The highest BCUT2D eigenvalue weighted by Gasteiger charge is 2.14. The van der Waals surface area contributed by atoms with Crippen molar-refractivity contribution < 1.29 is 5.11 Å². The maximum absolute atomic E-state index is 10.1. The average Bonchev–Trinajstić information content (AvgIpc) is 2.51. The molecule has 1 aromatic rings. The number of nitrogens with zero attached hydrogens (tertiary/aromatic N) is 1. The van der Waals surface area contributed by atoms with Crippen molar-refractivity contribution in [2.24, 2.45) is 5.10 Å². The Balaban J connectivity index is 2.64. The summed E-state index contributed by atoms with van der Waals surface area (Å²) in [6, 6.07) is 1.80. The molecule has 0 radical (unpaired) electrons. The summed E-state index contributed by atoms with van der Waals surface area (Å²) < 4.78 is 0.828. The Morgan fingerprint density at radius 2 is 2.38 bits per heavy atom. The highest BCUT2D eigenvalue weighted by atomic mass is 79.9. The molecule has 16 heavy (non-hydrogen) atoms. The molecule has 2 N–H and O–H groups in total. The molecule has 0 fully saturated rings. The van der Waals surface area contributed by atoms with Crippen LogP contribution in [-0.4, -0.2) is 11.3 Å². The van der Waals surface area contributed by atoms with Gasteiger partial charge in [-0.15, -0.1) is 12.3 Å². The molecule has 3 nitrogen and oxygen atoms in total. The minimum absolute atomic E-state index is 0.199. The minimum atomic E-state index is 0.199. The molecule has 80 valence electrons. The monoisotopic (exact) mass is 276 g/mol. The fraction of sp³-hybridized carbons (Fsp3) is 0.0833. The first-order chi connectivity index (χ1) is 7.74. The van der Waals surface area contributed by atoms with Crippen LogP contribution in [0.5, 0.6) is 5.75 Å². The van der Waals surface area contributed by atoms with Crippen molar-refractivity contribution in [3.63, 3.8) is 0 Å². The van der Waals surface area contributed by atoms with Crippen LogP contribution < -0.4 is 5.43 Å². The summed E-state index contributed by atoms with van der Waals surface area (Å²) in [6.45, 7) is 0. The van der Waals surface area contributed by atoms with Gasteiger partial charge in [0.05, 0.1) is 5.69 Å². The van der Waals surface area contributed by atoms with Crippen LogP contribution in [0.4, 0.5) is 5.69 Å². The number of anilines is 1. The Labute approximate surface area is 102 Å². The van der Waals surface area contributed by atoms with Crippen LogP contribution in [0.25, 0.3) is 6.08 Å². The van der Waals surface area contributed by atoms with E-state index in [-0.39, 0.29) is 5.75 Å². The number of rotatable bonds is 1. The molecule has 1 aliphatic heterocycles. The van der Waals surface area contributed by atoms with E-state index in [0.29, 0.717) is 12.0 Å². The number of aromatic hydroxyl groups is 1. The Morgan fingerprint density at radius 3 is 3.12 bits per heavy atom. The van der Waals surface area contributed by atoms with Crippen LogP contribution in [0.2, 0.25) is 0 Å². The highest BCUT2D eigenvalue weighted by molar-refractivity contribution is 9.10. The van der Waals surface area contributed by atoms with Crippen molar-refractivity contribution in [2.45, 2.75) is 6.42 Å². The van der Waals surface area contributed by atoms with Crippen molar-refractivity contribution in [3.8, 4) is 18.1 Å². The summed E-state index contributed by atoms with van der Waals surface area (Å²) in [7, 11) is 0. The molecule has 0 bridgehead atoms. The zero-order valence-corrected chi connectivity index (χ0v) is 9.95. The molecule has 0 aromatic heterocycles. The molecule has 0 atom stereocenters. The molecule has 0 amide bonds. The van der Waals surface area contributed by atoms with Crippen LogP contribution >= 0.6 is 15.9 Å². The van der Waals surface area contributed by atoms with Crippen LogP contribution in [0.15, 0.2) is 21.7 Å². The number of terminal acetylenes is 1. The highest BCUT2D eigenvalue weighted by Crippen LogP contribution is 2.38. The first-order valence-electron chi connectivity index (χ1n) is 4.67. The van der Waals surface area contributed by atoms with E-state index in [1.807, 2.05) is 0 Å². The molecule has 2 rings (SSSR count). The Hall–Kier alpha value is -1.73. The van der Waals surface area contributed by atoms with Crippen LogP contribution in [0.3, 0.4) is 0 Å². The largest absolute Gasteiger partial charge is 0.507 e. The molecule has 4 heteroatoms.